The quantitative estimate of drug-likeness (QED) is 0.346. The average molecular weight is 448 g/mol. The molecule has 0 aliphatic heterocycles. The normalized spacial score (nSPS) is 10.8. The monoisotopic (exact) mass is 447 g/mol. The van der Waals surface area contributed by atoms with Gasteiger partial charge in [0.25, 0.3) is 0 Å². The first-order valence-electron chi connectivity index (χ1n) is 10.4. The van der Waals surface area contributed by atoms with Gasteiger partial charge in [-0.3, -0.25) is 9.36 Å². The lowest BCUT2D eigenvalue weighted by molar-refractivity contribution is -0.120. The summed E-state index contributed by atoms with van der Waals surface area (Å²) >= 11 is 1.52. The molecule has 8 heteroatoms. The maximum atomic E-state index is 12.2. The number of benzene rings is 2. The average Bonchev–Trinajstić information content (AvgIpc) is 3.47. The second-order valence-electron chi connectivity index (χ2n) is 7.25. The van der Waals surface area contributed by atoms with Crippen molar-refractivity contribution >= 4 is 23.4 Å². The van der Waals surface area contributed by atoms with Gasteiger partial charge in [0.05, 0.1) is 19.4 Å². The smallest absolute Gasteiger partial charge is 0.221 e. The summed E-state index contributed by atoms with van der Waals surface area (Å²) in [5.74, 6) is 2.12. The van der Waals surface area contributed by atoms with E-state index >= 15 is 0 Å². The molecule has 0 saturated carbocycles. The number of para-hydroxylation sites is 1. The van der Waals surface area contributed by atoms with Crippen LogP contribution in [0.5, 0.6) is 0 Å². The van der Waals surface area contributed by atoms with Crippen molar-refractivity contribution in [2.75, 3.05) is 11.1 Å². The van der Waals surface area contributed by atoms with E-state index in [0.717, 1.165) is 28.1 Å². The molecule has 2 N–H and O–H groups in total. The zero-order chi connectivity index (χ0) is 22.2. The number of aromatic nitrogens is 3. The number of hydrogen-bond donors (Lipinski definition) is 2. The van der Waals surface area contributed by atoms with E-state index < -0.39 is 0 Å². The molecule has 0 atom stereocenters. The van der Waals surface area contributed by atoms with Gasteiger partial charge >= 0.3 is 0 Å². The van der Waals surface area contributed by atoms with Crippen LogP contribution in [0.1, 0.15) is 23.6 Å². The van der Waals surface area contributed by atoms with Crippen LogP contribution < -0.4 is 10.6 Å². The fourth-order valence-corrected chi connectivity index (χ4v) is 4.11. The third kappa shape index (κ3) is 5.79. The highest BCUT2D eigenvalue weighted by atomic mass is 32.2. The van der Waals surface area contributed by atoms with E-state index in [4.69, 9.17) is 4.42 Å². The molecular formula is C24H25N5O2S. The molecule has 0 fully saturated rings. The lowest BCUT2D eigenvalue weighted by atomic mass is 10.2. The van der Waals surface area contributed by atoms with Gasteiger partial charge in [-0.15, -0.1) is 10.2 Å². The van der Waals surface area contributed by atoms with Crippen LogP contribution >= 0.6 is 11.8 Å². The predicted octanol–water partition coefficient (Wildman–Crippen LogP) is 4.58. The first-order valence-corrected chi connectivity index (χ1v) is 11.4. The second kappa shape index (κ2) is 10.7. The molecule has 0 aliphatic carbocycles. The zero-order valence-corrected chi connectivity index (χ0v) is 18.6. The summed E-state index contributed by atoms with van der Waals surface area (Å²) in [4.78, 5) is 12.2. The molecule has 0 radical (unpaired) electrons. The summed E-state index contributed by atoms with van der Waals surface area (Å²) in [6.45, 7) is 3.00. The molecule has 0 spiro atoms. The number of hydrogen-bond acceptors (Lipinski definition) is 6. The molecule has 0 aliphatic rings. The molecular weight excluding hydrogens is 422 g/mol. The van der Waals surface area contributed by atoms with Crippen LogP contribution in [-0.4, -0.2) is 26.4 Å². The lowest BCUT2D eigenvalue weighted by Gasteiger charge is -2.11. The van der Waals surface area contributed by atoms with Crippen molar-refractivity contribution < 1.29 is 9.21 Å². The molecule has 0 bridgehead atoms. The Morgan fingerprint density at radius 1 is 1.03 bits per heavy atom. The molecule has 0 unspecified atom stereocenters. The van der Waals surface area contributed by atoms with Crippen molar-refractivity contribution in [1.82, 2.24) is 20.1 Å². The number of furan rings is 1. The third-order valence-electron chi connectivity index (χ3n) is 4.78. The summed E-state index contributed by atoms with van der Waals surface area (Å²) in [7, 11) is 0. The zero-order valence-electron chi connectivity index (χ0n) is 17.8. The van der Waals surface area contributed by atoms with Gasteiger partial charge in [0.15, 0.2) is 11.0 Å². The molecule has 0 saturated heterocycles. The van der Waals surface area contributed by atoms with Gasteiger partial charge in [0, 0.05) is 23.5 Å². The van der Waals surface area contributed by atoms with Crippen LogP contribution in [0.4, 0.5) is 5.69 Å². The van der Waals surface area contributed by atoms with E-state index in [9.17, 15) is 4.79 Å². The Hall–Kier alpha value is -3.52. The minimum atomic E-state index is -0.0268. The van der Waals surface area contributed by atoms with E-state index in [0.29, 0.717) is 25.3 Å². The highest BCUT2D eigenvalue weighted by Gasteiger charge is 2.15. The van der Waals surface area contributed by atoms with Gasteiger partial charge in [-0.2, -0.15) is 0 Å². The standard InChI is InChI=1S/C24H25N5O2S/c1-18-7-5-8-19(15-18)25-17-22-27-28-24(29(22)20-9-3-2-4-10-20)32-14-12-23(30)26-16-21-11-6-13-31-21/h2-11,13,15,25H,12,14,16-17H2,1H3,(H,26,30). The summed E-state index contributed by atoms with van der Waals surface area (Å²) in [6, 6.07) is 21.9. The Balaban J connectivity index is 1.40. The first kappa shape index (κ1) is 21.7. The van der Waals surface area contributed by atoms with E-state index in [2.05, 4.69) is 39.9 Å². The van der Waals surface area contributed by atoms with Crippen molar-refractivity contribution in [1.29, 1.82) is 0 Å². The Morgan fingerprint density at radius 2 is 1.91 bits per heavy atom. The second-order valence-corrected chi connectivity index (χ2v) is 8.31. The molecule has 2 aromatic carbocycles. The van der Waals surface area contributed by atoms with E-state index in [1.165, 1.54) is 17.3 Å². The summed E-state index contributed by atoms with van der Waals surface area (Å²) in [5, 5.41) is 15.9. The maximum Gasteiger partial charge on any atom is 0.221 e. The number of amides is 1. The molecule has 4 aromatic rings. The van der Waals surface area contributed by atoms with Crippen LogP contribution in [-0.2, 0) is 17.9 Å². The first-order chi connectivity index (χ1) is 15.7. The van der Waals surface area contributed by atoms with E-state index in [1.54, 1.807) is 12.3 Å². The van der Waals surface area contributed by atoms with Gasteiger partial charge in [0.1, 0.15) is 5.76 Å². The summed E-state index contributed by atoms with van der Waals surface area (Å²) < 4.78 is 7.28. The SMILES string of the molecule is Cc1cccc(NCc2nnc(SCCC(=O)NCc3ccco3)n2-c2ccccc2)c1. The van der Waals surface area contributed by atoms with Crippen LogP contribution in [0.3, 0.4) is 0 Å². The number of nitrogens with zero attached hydrogens (tertiary/aromatic N) is 3. The third-order valence-corrected chi connectivity index (χ3v) is 5.71. The Labute approximate surface area is 191 Å². The number of anilines is 1. The number of carbonyl (C=O) groups is 1. The van der Waals surface area contributed by atoms with Gasteiger partial charge in [-0.05, 0) is 48.9 Å². The molecule has 1 amide bonds. The molecule has 2 aromatic heterocycles. The molecule has 4 rings (SSSR count). The minimum absolute atomic E-state index is 0.0268. The number of rotatable bonds is 10. The Kier molecular flexibility index (Phi) is 7.24. The van der Waals surface area contributed by atoms with Crippen LogP contribution in [0.2, 0.25) is 0 Å². The van der Waals surface area contributed by atoms with Crippen LogP contribution in [0.25, 0.3) is 5.69 Å². The fraction of sp³-hybridized carbons (Fsp3) is 0.208. The van der Waals surface area contributed by atoms with Crippen molar-refractivity contribution in [3.8, 4) is 5.69 Å². The number of carbonyl (C=O) groups excluding carboxylic acids is 1. The van der Waals surface area contributed by atoms with Crippen molar-refractivity contribution in [2.45, 2.75) is 31.6 Å². The van der Waals surface area contributed by atoms with Crippen molar-refractivity contribution in [2.24, 2.45) is 0 Å². The van der Waals surface area contributed by atoms with Crippen molar-refractivity contribution in [3.63, 3.8) is 0 Å². The lowest BCUT2D eigenvalue weighted by Crippen LogP contribution is -2.22. The summed E-state index contributed by atoms with van der Waals surface area (Å²) in [5.41, 5.74) is 3.22. The number of aryl methyl sites for hydroxylation is 1. The van der Waals surface area contributed by atoms with E-state index in [1.807, 2.05) is 53.1 Å². The van der Waals surface area contributed by atoms with Gasteiger partial charge in [-0.1, -0.05) is 42.1 Å². The Morgan fingerprint density at radius 3 is 2.69 bits per heavy atom. The topological polar surface area (TPSA) is 85.0 Å². The molecule has 32 heavy (non-hydrogen) atoms. The molecule has 2 heterocycles. The summed E-state index contributed by atoms with van der Waals surface area (Å²) in [6.07, 6.45) is 1.98. The maximum absolute atomic E-state index is 12.2. The van der Waals surface area contributed by atoms with Gasteiger partial charge < -0.3 is 15.1 Å². The molecule has 164 valence electrons. The fourth-order valence-electron chi connectivity index (χ4n) is 3.20. The highest BCUT2D eigenvalue weighted by Crippen LogP contribution is 2.23. The Bertz CT molecular complexity index is 1140. The van der Waals surface area contributed by atoms with Gasteiger partial charge in [0.2, 0.25) is 5.91 Å². The number of nitrogens with one attached hydrogen (secondary N) is 2. The van der Waals surface area contributed by atoms with Crippen molar-refractivity contribution in [3.05, 3.63) is 90.1 Å². The van der Waals surface area contributed by atoms with E-state index in [-0.39, 0.29) is 5.91 Å². The molecule has 7 nitrogen and oxygen atoms in total. The van der Waals surface area contributed by atoms with Crippen LogP contribution in [0.15, 0.2) is 82.6 Å². The highest BCUT2D eigenvalue weighted by molar-refractivity contribution is 7.99. The predicted molar refractivity (Wildman–Crippen MR) is 126 cm³/mol. The number of thioether (sulfide) groups is 1. The van der Waals surface area contributed by atoms with Crippen LogP contribution in [0, 0.1) is 6.92 Å². The van der Waals surface area contributed by atoms with Gasteiger partial charge in [-0.25, -0.2) is 0 Å². The minimum Gasteiger partial charge on any atom is -0.467 e. The largest absolute Gasteiger partial charge is 0.467 e.